The molecule has 0 radical (unpaired) electrons. The van der Waals surface area contributed by atoms with E-state index in [2.05, 4.69) is 20.5 Å². The molecule has 0 saturated carbocycles. The number of carbonyl (C=O) groups is 1. The van der Waals surface area contributed by atoms with E-state index < -0.39 is 17.6 Å². The summed E-state index contributed by atoms with van der Waals surface area (Å²) in [4.78, 5) is 16.2. The number of aryl methyl sites for hydroxylation is 1. The van der Waals surface area contributed by atoms with Gasteiger partial charge in [-0.05, 0) is 31.2 Å². The highest BCUT2D eigenvalue weighted by molar-refractivity contribution is 7.09. The Hall–Kier alpha value is -2.75. The highest BCUT2D eigenvalue weighted by Crippen LogP contribution is 2.29. The minimum absolute atomic E-state index is 0.0345. The lowest BCUT2D eigenvalue weighted by Crippen LogP contribution is -2.13. The van der Waals surface area contributed by atoms with Crippen molar-refractivity contribution in [3.8, 4) is 11.6 Å². The lowest BCUT2D eigenvalue weighted by Gasteiger charge is -2.06. The van der Waals surface area contributed by atoms with Crippen LogP contribution in [0.5, 0.6) is 0 Å². The van der Waals surface area contributed by atoms with Gasteiger partial charge in [0.15, 0.2) is 0 Å². The van der Waals surface area contributed by atoms with Crippen LogP contribution in [-0.2, 0) is 6.18 Å². The largest absolute Gasteiger partial charge is 0.416 e. The number of benzene rings is 1. The summed E-state index contributed by atoms with van der Waals surface area (Å²) in [6.07, 6.45) is -4.46. The summed E-state index contributed by atoms with van der Waals surface area (Å²) in [6, 6.07) is 3.62. The van der Waals surface area contributed by atoms with Crippen molar-refractivity contribution in [1.29, 1.82) is 0 Å². The Morgan fingerprint density at radius 3 is 2.50 bits per heavy atom. The van der Waals surface area contributed by atoms with Crippen LogP contribution in [0.15, 0.2) is 34.1 Å². The van der Waals surface area contributed by atoms with Crippen molar-refractivity contribution in [2.24, 2.45) is 0 Å². The minimum Gasteiger partial charge on any atom is -0.401 e. The van der Waals surface area contributed by atoms with Gasteiger partial charge in [0.05, 0.1) is 10.6 Å². The standard InChI is InChI=1S/C14H9F3N4O2S/c1-7-18-10(6-24-7)12-20-21-13(23-12)19-11(22)8-2-4-9(5-3-8)14(15,16)17/h2-6H,1H3,(H,19,21,22). The van der Waals surface area contributed by atoms with Crippen LogP contribution in [0.3, 0.4) is 0 Å². The molecule has 0 atom stereocenters. The number of halogens is 3. The van der Waals surface area contributed by atoms with Crippen LogP contribution in [0.2, 0.25) is 0 Å². The number of nitrogens with one attached hydrogen (secondary N) is 1. The molecule has 0 aliphatic carbocycles. The van der Waals surface area contributed by atoms with Crippen molar-refractivity contribution in [3.05, 3.63) is 45.8 Å². The lowest BCUT2D eigenvalue weighted by atomic mass is 10.1. The first-order chi connectivity index (χ1) is 11.3. The van der Waals surface area contributed by atoms with Crippen LogP contribution >= 0.6 is 11.3 Å². The molecule has 3 rings (SSSR count). The Morgan fingerprint density at radius 1 is 1.21 bits per heavy atom. The highest BCUT2D eigenvalue weighted by atomic mass is 32.1. The molecule has 1 N–H and O–H groups in total. The van der Waals surface area contributed by atoms with E-state index in [0.717, 1.165) is 29.3 Å². The SMILES string of the molecule is Cc1nc(-c2nnc(NC(=O)c3ccc(C(F)(F)F)cc3)o2)cs1. The molecule has 2 aromatic heterocycles. The molecule has 0 aliphatic rings. The van der Waals surface area contributed by atoms with Crippen molar-refractivity contribution < 1.29 is 22.4 Å². The Kier molecular flexibility index (Phi) is 4.06. The second-order valence-electron chi connectivity index (χ2n) is 4.69. The number of hydrogen-bond donors (Lipinski definition) is 1. The number of thiazole rings is 1. The van der Waals surface area contributed by atoms with E-state index in [9.17, 15) is 18.0 Å². The molecule has 1 amide bonds. The van der Waals surface area contributed by atoms with Crippen molar-refractivity contribution in [1.82, 2.24) is 15.2 Å². The molecule has 0 unspecified atom stereocenters. The molecule has 3 aromatic rings. The van der Waals surface area contributed by atoms with Crippen LogP contribution in [0, 0.1) is 6.92 Å². The number of hydrogen-bond acceptors (Lipinski definition) is 6. The zero-order valence-corrected chi connectivity index (χ0v) is 12.9. The van der Waals surface area contributed by atoms with Crippen molar-refractivity contribution in [3.63, 3.8) is 0 Å². The molecular formula is C14H9F3N4O2S. The average Bonchev–Trinajstić information content (AvgIpc) is 3.15. The number of carbonyl (C=O) groups excluding carboxylic acids is 1. The maximum absolute atomic E-state index is 12.5. The normalized spacial score (nSPS) is 11.5. The predicted octanol–water partition coefficient (Wildman–Crippen LogP) is 3.77. The zero-order chi connectivity index (χ0) is 17.3. The van der Waals surface area contributed by atoms with Crippen LogP contribution < -0.4 is 5.32 Å². The van der Waals surface area contributed by atoms with Crippen LogP contribution in [0.25, 0.3) is 11.6 Å². The van der Waals surface area contributed by atoms with Gasteiger partial charge >= 0.3 is 12.2 Å². The first-order valence-electron chi connectivity index (χ1n) is 6.57. The predicted molar refractivity (Wildman–Crippen MR) is 79.5 cm³/mol. The Labute approximate surface area is 137 Å². The maximum atomic E-state index is 12.5. The average molecular weight is 354 g/mol. The second-order valence-corrected chi connectivity index (χ2v) is 5.76. The molecule has 2 heterocycles. The van der Waals surface area contributed by atoms with E-state index in [-0.39, 0.29) is 17.5 Å². The summed E-state index contributed by atoms with van der Waals surface area (Å²) in [6.45, 7) is 1.82. The highest BCUT2D eigenvalue weighted by Gasteiger charge is 2.30. The summed E-state index contributed by atoms with van der Waals surface area (Å²) in [5.41, 5.74) is -0.315. The topological polar surface area (TPSA) is 80.9 Å². The van der Waals surface area contributed by atoms with Gasteiger partial charge in [-0.25, -0.2) is 4.98 Å². The summed E-state index contributed by atoms with van der Waals surface area (Å²) in [7, 11) is 0. The number of nitrogens with zero attached hydrogens (tertiary/aromatic N) is 3. The number of amides is 1. The summed E-state index contributed by atoms with van der Waals surface area (Å²) >= 11 is 1.40. The van der Waals surface area contributed by atoms with Gasteiger partial charge in [-0.1, -0.05) is 5.10 Å². The lowest BCUT2D eigenvalue weighted by molar-refractivity contribution is -0.137. The number of alkyl halides is 3. The van der Waals surface area contributed by atoms with Crippen molar-refractivity contribution in [2.75, 3.05) is 5.32 Å². The van der Waals surface area contributed by atoms with Crippen LogP contribution in [0.1, 0.15) is 20.9 Å². The third kappa shape index (κ3) is 3.43. The van der Waals surface area contributed by atoms with E-state index in [4.69, 9.17) is 4.42 Å². The van der Waals surface area contributed by atoms with Gasteiger partial charge in [0.25, 0.3) is 11.8 Å². The second kappa shape index (κ2) is 6.04. The first-order valence-corrected chi connectivity index (χ1v) is 7.45. The fourth-order valence-corrected chi connectivity index (χ4v) is 2.41. The van der Waals surface area contributed by atoms with Crippen molar-refractivity contribution >= 4 is 23.3 Å². The van der Waals surface area contributed by atoms with Gasteiger partial charge in [0.1, 0.15) is 5.69 Å². The quantitative estimate of drug-likeness (QED) is 0.774. The zero-order valence-electron chi connectivity index (χ0n) is 12.1. The molecule has 124 valence electrons. The number of anilines is 1. The monoisotopic (exact) mass is 354 g/mol. The number of aromatic nitrogens is 3. The fraction of sp³-hybridized carbons (Fsp3) is 0.143. The maximum Gasteiger partial charge on any atom is 0.416 e. The number of rotatable bonds is 3. The van der Waals surface area contributed by atoms with Gasteiger partial charge in [-0.3, -0.25) is 10.1 Å². The van der Waals surface area contributed by atoms with E-state index in [0.29, 0.717) is 5.69 Å². The minimum atomic E-state index is -4.46. The van der Waals surface area contributed by atoms with Gasteiger partial charge in [-0.15, -0.1) is 16.4 Å². The van der Waals surface area contributed by atoms with Crippen LogP contribution in [-0.4, -0.2) is 21.1 Å². The smallest absolute Gasteiger partial charge is 0.401 e. The molecular weight excluding hydrogens is 345 g/mol. The van der Waals surface area contributed by atoms with E-state index >= 15 is 0 Å². The summed E-state index contributed by atoms with van der Waals surface area (Å²) < 4.78 is 42.7. The fourth-order valence-electron chi connectivity index (χ4n) is 1.82. The van der Waals surface area contributed by atoms with E-state index in [1.165, 1.54) is 11.3 Å². The Bertz CT molecular complexity index is 871. The van der Waals surface area contributed by atoms with Gasteiger partial charge < -0.3 is 4.42 Å². The molecule has 24 heavy (non-hydrogen) atoms. The van der Waals surface area contributed by atoms with Crippen molar-refractivity contribution in [2.45, 2.75) is 13.1 Å². The van der Waals surface area contributed by atoms with E-state index in [1.54, 1.807) is 5.38 Å². The Morgan fingerprint density at radius 2 is 1.92 bits per heavy atom. The molecule has 6 nitrogen and oxygen atoms in total. The molecule has 0 fully saturated rings. The van der Waals surface area contributed by atoms with Crippen LogP contribution in [0.4, 0.5) is 19.2 Å². The summed E-state index contributed by atoms with van der Waals surface area (Å²) in [5.74, 6) is -0.518. The third-order valence-corrected chi connectivity index (χ3v) is 3.73. The van der Waals surface area contributed by atoms with Gasteiger partial charge in [0.2, 0.25) is 0 Å². The summed E-state index contributed by atoms with van der Waals surface area (Å²) in [5, 5.41) is 12.3. The van der Waals surface area contributed by atoms with Gasteiger partial charge in [0, 0.05) is 10.9 Å². The Balaban J connectivity index is 1.72. The first kappa shape index (κ1) is 16.1. The molecule has 1 aromatic carbocycles. The third-order valence-electron chi connectivity index (χ3n) is 2.96. The molecule has 0 saturated heterocycles. The molecule has 0 bridgehead atoms. The molecule has 0 aliphatic heterocycles. The van der Waals surface area contributed by atoms with E-state index in [1.807, 2.05) is 6.92 Å². The molecule has 10 heteroatoms. The van der Waals surface area contributed by atoms with Gasteiger partial charge in [-0.2, -0.15) is 13.2 Å². The molecule has 0 spiro atoms.